The van der Waals surface area contributed by atoms with E-state index in [0.29, 0.717) is 0 Å². The molecule has 0 amide bonds. The van der Waals surface area contributed by atoms with E-state index >= 15 is 0 Å². The number of aromatic nitrogens is 3. The van der Waals surface area contributed by atoms with Crippen LogP contribution < -0.4 is 5.19 Å². The van der Waals surface area contributed by atoms with Crippen LogP contribution in [0.1, 0.15) is 0 Å². The van der Waals surface area contributed by atoms with Crippen LogP contribution in [0.5, 0.6) is 0 Å². The van der Waals surface area contributed by atoms with Crippen LogP contribution in [-0.2, 0) is 0 Å². The van der Waals surface area contributed by atoms with E-state index in [2.05, 4.69) is 215 Å². The molecule has 55 heavy (non-hydrogen) atoms. The summed E-state index contributed by atoms with van der Waals surface area (Å²) in [5.41, 5.74) is 13.3. The number of fused-ring (bicyclic) bond motifs is 9. The number of benzene rings is 8. The van der Waals surface area contributed by atoms with E-state index in [1.54, 1.807) is 0 Å². The molecule has 4 heteroatoms. The second-order valence-electron chi connectivity index (χ2n) is 15.9. The molecule has 3 heterocycles. The largest absolute Gasteiger partial charge is 0.309 e. The SMILES string of the molecule is C[Si](C)(C)c1ccc(-n2c3ccccc3c3cc(-c4ccc5c(c4)c4ccccc4n5-c4ccc(-n5c6ccccc6c6ccccc65)cc4)ccc32)cc1. The molecule has 0 radical (unpaired) electrons. The Morgan fingerprint density at radius 1 is 0.291 bits per heavy atom. The van der Waals surface area contributed by atoms with Gasteiger partial charge in [-0.3, -0.25) is 0 Å². The van der Waals surface area contributed by atoms with Crippen molar-refractivity contribution in [1.82, 2.24) is 13.7 Å². The van der Waals surface area contributed by atoms with E-state index in [9.17, 15) is 0 Å². The average Bonchev–Trinajstić information content (AvgIpc) is 3.86. The molecule has 11 aromatic rings. The van der Waals surface area contributed by atoms with E-state index in [1.807, 2.05) is 0 Å². The van der Waals surface area contributed by atoms with Crippen molar-refractivity contribution in [2.24, 2.45) is 0 Å². The Bertz CT molecular complexity index is 3230. The van der Waals surface area contributed by atoms with Gasteiger partial charge in [0.2, 0.25) is 0 Å². The fourth-order valence-corrected chi connectivity index (χ4v) is 10.1. The van der Waals surface area contributed by atoms with Crippen molar-refractivity contribution in [2.75, 3.05) is 0 Å². The van der Waals surface area contributed by atoms with Gasteiger partial charge in [0, 0.05) is 49.4 Å². The lowest BCUT2D eigenvalue weighted by molar-refractivity contribution is 1.14. The first-order valence-corrected chi connectivity index (χ1v) is 22.7. The Hall–Kier alpha value is -6.62. The Balaban J connectivity index is 1.02. The summed E-state index contributed by atoms with van der Waals surface area (Å²) in [5.74, 6) is 0. The van der Waals surface area contributed by atoms with E-state index < -0.39 is 8.07 Å². The molecular formula is C51H39N3Si. The van der Waals surface area contributed by atoms with Crippen LogP contribution in [0.15, 0.2) is 182 Å². The van der Waals surface area contributed by atoms with Gasteiger partial charge in [0.25, 0.3) is 0 Å². The molecule has 0 fully saturated rings. The van der Waals surface area contributed by atoms with Gasteiger partial charge in [0.15, 0.2) is 0 Å². The number of para-hydroxylation sites is 4. The van der Waals surface area contributed by atoms with Gasteiger partial charge in [-0.25, -0.2) is 0 Å². The summed E-state index contributed by atoms with van der Waals surface area (Å²) in [6, 6.07) is 67.3. The van der Waals surface area contributed by atoms with Crippen LogP contribution in [0, 0.1) is 0 Å². The molecule has 0 unspecified atom stereocenters. The zero-order chi connectivity index (χ0) is 36.8. The van der Waals surface area contributed by atoms with Crippen LogP contribution in [0.25, 0.3) is 93.6 Å². The first kappa shape index (κ1) is 31.9. The van der Waals surface area contributed by atoms with Gasteiger partial charge in [0.05, 0.1) is 41.2 Å². The normalized spacial score (nSPS) is 12.3. The Morgan fingerprint density at radius 2 is 0.582 bits per heavy atom. The van der Waals surface area contributed by atoms with Crippen molar-refractivity contribution >= 4 is 78.7 Å². The van der Waals surface area contributed by atoms with Crippen molar-refractivity contribution in [1.29, 1.82) is 0 Å². The highest BCUT2D eigenvalue weighted by molar-refractivity contribution is 6.88. The fraction of sp³-hybridized carbons (Fsp3) is 0.0588. The third-order valence-electron chi connectivity index (χ3n) is 11.6. The molecule has 0 aliphatic carbocycles. The van der Waals surface area contributed by atoms with Crippen molar-refractivity contribution in [3.8, 4) is 28.2 Å². The Morgan fingerprint density at radius 3 is 0.927 bits per heavy atom. The fourth-order valence-electron chi connectivity index (χ4n) is 8.92. The highest BCUT2D eigenvalue weighted by Crippen LogP contribution is 2.39. The van der Waals surface area contributed by atoms with E-state index in [4.69, 9.17) is 0 Å². The van der Waals surface area contributed by atoms with Crippen molar-refractivity contribution in [2.45, 2.75) is 19.6 Å². The molecule has 0 N–H and O–H groups in total. The van der Waals surface area contributed by atoms with E-state index in [1.165, 1.54) is 87.4 Å². The first-order valence-electron chi connectivity index (χ1n) is 19.2. The van der Waals surface area contributed by atoms with Gasteiger partial charge in [-0.15, -0.1) is 0 Å². The lowest BCUT2D eigenvalue weighted by Crippen LogP contribution is -2.37. The van der Waals surface area contributed by atoms with Crippen LogP contribution in [0.2, 0.25) is 19.6 Å². The number of nitrogens with zero attached hydrogens (tertiary/aromatic N) is 3. The minimum atomic E-state index is -1.39. The monoisotopic (exact) mass is 721 g/mol. The summed E-state index contributed by atoms with van der Waals surface area (Å²) in [7, 11) is -1.39. The average molecular weight is 722 g/mol. The lowest BCUT2D eigenvalue weighted by Gasteiger charge is -2.17. The van der Waals surface area contributed by atoms with Gasteiger partial charge in [0.1, 0.15) is 0 Å². The van der Waals surface area contributed by atoms with Crippen molar-refractivity contribution < 1.29 is 0 Å². The summed E-state index contributed by atoms with van der Waals surface area (Å²) in [6.45, 7) is 7.22. The molecule has 11 rings (SSSR count). The Kier molecular flexibility index (Phi) is 6.92. The van der Waals surface area contributed by atoms with Crippen molar-refractivity contribution in [3.63, 3.8) is 0 Å². The van der Waals surface area contributed by atoms with Crippen LogP contribution in [-0.4, -0.2) is 21.8 Å². The maximum absolute atomic E-state index is 2.42. The first-order chi connectivity index (χ1) is 26.9. The third-order valence-corrected chi connectivity index (χ3v) is 13.7. The molecule has 0 spiro atoms. The van der Waals surface area contributed by atoms with Crippen LogP contribution in [0.3, 0.4) is 0 Å². The van der Waals surface area contributed by atoms with Gasteiger partial charge < -0.3 is 13.7 Å². The summed E-state index contributed by atoms with van der Waals surface area (Å²) >= 11 is 0. The standard InChI is InChI=1S/C51H39N3Si/c1-55(2,3)39-28-26-38(27-29-39)54-49-19-11-7-15-43(49)45-33-35(21-31-51(45)54)34-20-30-50-44(32-34)42-14-6-10-18-48(42)53(50)37-24-22-36(23-25-37)52-46-16-8-4-12-40(46)41-13-5-9-17-47(41)52/h4-33H,1-3H3. The molecule has 0 saturated carbocycles. The molecular weight excluding hydrogens is 683 g/mol. The summed E-state index contributed by atoms with van der Waals surface area (Å²) < 4.78 is 7.21. The third kappa shape index (κ3) is 4.88. The van der Waals surface area contributed by atoms with E-state index in [0.717, 1.165) is 11.4 Å². The van der Waals surface area contributed by atoms with Gasteiger partial charge in [-0.05, 0) is 96.1 Å². The molecule has 0 aliphatic heterocycles. The molecule has 262 valence electrons. The molecule has 3 nitrogen and oxygen atoms in total. The lowest BCUT2D eigenvalue weighted by atomic mass is 10.0. The molecule has 3 aromatic heterocycles. The van der Waals surface area contributed by atoms with Crippen molar-refractivity contribution in [3.05, 3.63) is 182 Å². The van der Waals surface area contributed by atoms with Crippen LogP contribution in [0.4, 0.5) is 0 Å². The van der Waals surface area contributed by atoms with Gasteiger partial charge in [-0.2, -0.15) is 0 Å². The zero-order valence-electron chi connectivity index (χ0n) is 31.2. The summed E-state index contributed by atoms with van der Waals surface area (Å²) in [6.07, 6.45) is 0. The predicted octanol–water partition coefficient (Wildman–Crippen LogP) is 13.2. The highest BCUT2D eigenvalue weighted by atomic mass is 28.3. The second kappa shape index (κ2) is 11.9. The smallest absolute Gasteiger partial charge is 0.0775 e. The predicted molar refractivity (Wildman–Crippen MR) is 238 cm³/mol. The maximum atomic E-state index is 2.42. The Labute approximate surface area is 320 Å². The molecule has 0 aliphatic rings. The number of hydrogen-bond donors (Lipinski definition) is 0. The zero-order valence-corrected chi connectivity index (χ0v) is 32.2. The second-order valence-corrected chi connectivity index (χ2v) is 20.9. The molecule has 0 saturated heterocycles. The van der Waals surface area contributed by atoms with Gasteiger partial charge in [-0.1, -0.05) is 122 Å². The number of hydrogen-bond acceptors (Lipinski definition) is 0. The number of rotatable bonds is 5. The highest BCUT2D eigenvalue weighted by Gasteiger charge is 2.19. The topological polar surface area (TPSA) is 14.8 Å². The molecule has 0 bridgehead atoms. The molecule has 8 aromatic carbocycles. The van der Waals surface area contributed by atoms with Crippen LogP contribution >= 0.6 is 0 Å². The van der Waals surface area contributed by atoms with Gasteiger partial charge >= 0.3 is 0 Å². The summed E-state index contributed by atoms with van der Waals surface area (Å²) in [4.78, 5) is 0. The summed E-state index contributed by atoms with van der Waals surface area (Å²) in [5, 5.41) is 9.08. The molecule has 0 atom stereocenters. The maximum Gasteiger partial charge on any atom is 0.0775 e. The quantitative estimate of drug-likeness (QED) is 0.157. The minimum absolute atomic E-state index is 1.15. The van der Waals surface area contributed by atoms with E-state index in [-0.39, 0.29) is 0 Å². The minimum Gasteiger partial charge on any atom is -0.309 e.